The molecule has 0 unspecified atom stereocenters. The molecule has 0 amide bonds. The fraction of sp³-hybridized carbons (Fsp3) is 0. The zero-order chi connectivity index (χ0) is 9.26. The lowest BCUT2D eigenvalue weighted by Crippen LogP contribution is -1.78. The third-order valence-electron chi connectivity index (χ3n) is 1.68. The van der Waals surface area contributed by atoms with Gasteiger partial charge in [0.1, 0.15) is 0 Å². The minimum Gasteiger partial charge on any atom is -0.504 e. The van der Waals surface area contributed by atoms with Crippen LogP contribution in [0.4, 0.5) is 0 Å². The number of nitrogens with zero attached hydrogens (tertiary/aromatic N) is 1. The molecule has 0 aromatic heterocycles. The number of aromatic hydroxyl groups is 2. The van der Waals surface area contributed by atoms with Gasteiger partial charge in [-0.3, -0.25) is 0 Å². The molecule has 0 atom stereocenters. The standard InChI is InChI=1S/C9H7NO2S/c11-7-4-6-2-1-3-10-13-9(6)5-8(7)12/h1-5,11-12H. The van der Waals surface area contributed by atoms with Crippen molar-refractivity contribution in [3.05, 3.63) is 23.8 Å². The van der Waals surface area contributed by atoms with E-state index in [1.807, 2.05) is 6.08 Å². The van der Waals surface area contributed by atoms with Crippen molar-refractivity contribution in [2.45, 2.75) is 4.90 Å². The fourth-order valence-electron chi connectivity index (χ4n) is 1.05. The molecular weight excluding hydrogens is 186 g/mol. The van der Waals surface area contributed by atoms with Crippen LogP contribution in [0.2, 0.25) is 0 Å². The van der Waals surface area contributed by atoms with Gasteiger partial charge >= 0.3 is 0 Å². The summed E-state index contributed by atoms with van der Waals surface area (Å²) in [6.45, 7) is 0. The minimum atomic E-state index is -0.114. The van der Waals surface area contributed by atoms with E-state index in [1.165, 1.54) is 24.1 Å². The van der Waals surface area contributed by atoms with Gasteiger partial charge in [-0.2, -0.15) is 0 Å². The molecule has 3 nitrogen and oxygen atoms in total. The number of benzene rings is 1. The van der Waals surface area contributed by atoms with Crippen molar-refractivity contribution in [2.75, 3.05) is 0 Å². The summed E-state index contributed by atoms with van der Waals surface area (Å²) in [5, 5.41) is 18.5. The van der Waals surface area contributed by atoms with Gasteiger partial charge in [-0.05, 0) is 23.8 Å². The summed E-state index contributed by atoms with van der Waals surface area (Å²) in [5.41, 5.74) is 0.859. The Balaban J connectivity index is 2.58. The first-order valence-corrected chi connectivity index (χ1v) is 4.48. The smallest absolute Gasteiger partial charge is 0.158 e. The molecule has 0 bridgehead atoms. The second-order valence-corrected chi connectivity index (χ2v) is 3.42. The summed E-state index contributed by atoms with van der Waals surface area (Å²) in [6, 6.07) is 3.02. The molecule has 1 aliphatic rings. The molecule has 2 N–H and O–H groups in total. The highest BCUT2D eigenvalue weighted by atomic mass is 32.2. The Morgan fingerprint density at radius 1 is 1.15 bits per heavy atom. The Hall–Kier alpha value is -1.42. The molecule has 1 aromatic carbocycles. The van der Waals surface area contributed by atoms with E-state index in [9.17, 15) is 10.2 Å². The number of phenolic OH excluding ortho intramolecular Hbond substituents is 2. The number of phenols is 2. The second-order valence-electron chi connectivity index (χ2n) is 2.58. The topological polar surface area (TPSA) is 52.8 Å². The molecule has 0 spiro atoms. The van der Waals surface area contributed by atoms with Gasteiger partial charge in [-0.25, -0.2) is 4.40 Å². The van der Waals surface area contributed by atoms with Crippen LogP contribution in [0.1, 0.15) is 5.56 Å². The van der Waals surface area contributed by atoms with Gasteiger partial charge in [0.2, 0.25) is 0 Å². The van der Waals surface area contributed by atoms with Gasteiger partial charge in [-0.1, -0.05) is 6.08 Å². The average Bonchev–Trinajstić information content (AvgIpc) is 2.31. The van der Waals surface area contributed by atoms with Gasteiger partial charge in [0.25, 0.3) is 0 Å². The second kappa shape index (κ2) is 3.14. The van der Waals surface area contributed by atoms with Crippen molar-refractivity contribution >= 4 is 24.2 Å². The lowest BCUT2D eigenvalue weighted by molar-refractivity contribution is 0.402. The van der Waals surface area contributed by atoms with E-state index in [0.29, 0.717) is 0 Å². The van der Waals surface area contributed by atoms with Crippen LogP contribution >= 0.6 is 11.9 Å². The van der Waals surface area contributed by atoms with Crippen LogP contribution < -0.4 is 0 Å². The highest BCUT2D eigenvalue weighted by Crippen LogP contribution is 2.35. The molecule has 0 saturated carbocycles. The van der Waals surface area contributed by atoms with Crippen LogP contribution in [0.15, 0.2) is 27.5 Å². The Bertz CT molecular complexity index is 399. The van der Waals surface area contributed by atoms with E-state index in [4.69, 9.17) is 0 Å². The van der Waals surface area contributed by atoms with Crippen molar-refractivity contribution < 1.29 is 10.2 Å². The summed E-state index contributed by atoms with van der Waals surface area (Å²) >= 11 is 1.27. The SMILES string of the molecule is Oc1cc2c(cc1O)SN=CC=C2. The van der Waals surface area contributed by atoms with Gasteiger partial charge < -0.3 is 10.2 Å². The van der Waals surface area contributed by atoms with E-state index in [1.54, 1.807) is 12.3 Å². The van der Waals surface area contributed by atoms with Crippen LogP contribution in [0.25, 0.3) is 6.08 Å². The Labute approximate surface area is 79.6 Å². The number of hydrogen-bond acceptors (Lipinski definition) is 4. The number of rotatable bonds is 0. The highest BCUT2D eigenvalue weighted by Gasteiger charge is 2.07. The first kappa shape index (κ1) is 8.19. The van der Waals surface area contributed by atoms with Gasteiger partial charge in [0.05, 0.1) is 0 Å². The molecule has 0 aliphatic carbocycles. The Morgan fingerprint density at radius 3 is 2.77 bits per heavy atom. The van der Waals surface area contributed by atoms with Crippen LogP contribution in [-0.2, 0) is 0 Å². The van der Waals surface area contributed by atoms with Crippen molar-refractivity contribution in [2.24, 2.45) is 4.40 Å². The largest absolute Gasteiger partial charge is 0.504 e. The molecule has 2 rings (SSSR count). The van der Waals surface area contributed by atoms with Crippen LogP contribution in [-0.4, -0.2) is 16.4 Å². The van der Waals surface area contributed by atoms with Crippen molar-refractivity contribution in [3.8, 4) is 11.5 Å². The molecule has 66 valence electrons. The Kier molecular flexibility index (Phi) is 1.98. The monoisotopic (exact) mass is 193 g/mol. The quantitative estimate of drug-likeness (QED) is 0.490. The number of allylic oxidation sites excluding steroid dienone is 1. The van der Waals surface area contributed by atoms with E-state index < -0.39 is 0 Å². The molecule has 0 fully saturated rings. The van der Waals surface area contributed by atoms with Gasteiger partial charge in [-0.15, -0.1) is 0 Å². The number of fused-ring (bicyclic) bond motifs is 1. The maximum absolute atomic E-state index is 9.23. The molecular formula is C9H7NO2S. The third kappa shape index (κ3) is 1.53. The van der Waals surface area contributed by atoms with Crippen LogP contribution in [0.5, 0.6) is 11.5 Å². The Morgan fingerprint density at radius 2 is 1.92 bits per heavy atom. The van der Waals surface area contributed by atoms with E-state index in [2.05, 4.69) is 4.40 Å². The van der Waals surface area contributed by atoms with Crippen molar-refractivity contribution in [1.82, 2.24) is 0 Å². The highest BCUT2D eigenvalue weighted by molar-refractivity contribution is 7.98. The molecule has 4 heteroatoms. The molecule has 13 heavy (non-hydrogen) atoms. The lowest BCUT2D eigenvalue weighted by atomic mass is 10.2. The minimum absolute atomic E-state index is 0.106. The van der Waals surface area contributed by atoms with Gasteiger partial charge in [0, 0.05) is 23.1 Å². The van der Waals surface area contributed by atoms with E-state index >= 15 is 0 Å². The van der Waals surface area contributed by atoms with Gasteiger partial charge in [0.15, 0.2) is 11.5 Å². The summed E-state index contributed by atoms with van der Waals surface area (Å²) < 4.78 is 4.00. The zero-order valence-corrected chi connectivity index (χ0v) is 7.45. The summed E-state index contributed by atoms with van der Waals surface area (Å²) in [7, 11) is 0. The summed E-state index contributed by atoms with van der Waals surface area (Å²) in [6.07, 6.45) is 5.28. The van der Waals surface area contributed by atoms with Crippen molar-refractivity contribution in [3.63, 3.8) is 0 Å². The number of hydrogen-bond donors (Lipinski definition) is 2. The molecule has 0 radical (unpaired) electrons. The molecule has 1 heterocycles. The lowest BCUT2D eigenvalue weighted by Gasteiger charge is -2.03. The average molecular weight is 193 g/mol. The normalized spacial score (nSPS) is 13.8. The fourth-order valence-corrected chi connectivity index (χ4v) is 1.69. The van der Waals surface area contributed by atoms with E-state index in [0.717, 1.165) is 10.5 Å². The molecule has 0 saturated heterocycles. The zero-order valence-electron chi connectivity index (χ0n) is 6.64. The summed E-state index contributed by atoms with van der Waals surface area (Å²) in [5.74, 6) is -0.220. The van der Waals surface area contributed by atoms with Crippen LogP contribution in [0.3, 0.4) is 0 Å². The molecule has 1 aliphatic heterocycles. The predicted octanol–water partition coefficient (Wildman–Crippen LogP) is 2.20. The maximum Gasteiger partial charge on any atom is 0.158 e. The maximum atomic E-state index is 9.23. The molecule has 1 aromatic rings. The predicted molar refractivity (Wildman–Crippen MR) is 53.2 cm³/mol. The van der Waals surface area contributed by atoms with Crippen LogP contribution in [0, 0.1) is 0 Å². The summed E-state index contributed by atoms with van der Waals surface area (Å²) in [4.78, 5) is 0.834. The first-order valence-electron chi connectivity index (χ1n) is 3.70. The first-order chi connectivity index (χ1) is 6.27. The van der Waals surface area contributed by atoms with Crippen molar-refractivity contribution in [1.29, 1.82) is 0 Å². The van der Waals surface area contributed by atoms with E-state index in [-0.39, 0.29) is 11.5 Å². The third-order valence-corrected chi connectivity index (χ3v) is 2.46.